The third-order valence-corrected chi connectivity index (χ3v) is 2.97. The van der Waals surface area contributed by atoms with Crippen LogP contribution in [0, 0.1) is 11.3 Å². The fraction of sp³-hybridized carbons (Fsp3) is 0.0714. The van der Waals surface area contributed by atoms with E-state index in [2.05, 4.69) is 16.4 Å². The Labute approximate surface area is 109 Å². The molecule has 0 N–H and O–H groups in total. The third kappa shape index (κ3) is 1.70. The molecule has 1 aromatic heterocycles. The Morgan fingerprint density at radius 2 is 1.95 bits per heavy atom. The maximum atomic E-state index is 9.07. The van der Waals surface area contributed by atoms with Crippen molar-refractivity contribution in [1.29, 1.82) is 5.26 Å². The van der Waals surface area contributed by atoms with Gasteiger partial charge >= 0.3 is 0 Å². The van der Waals surface area contributed by atoms with Gasteiger partial charge in [-0.2, -0.15) is 5.26 Å². The van der Waals surface area contributed by atoms with E-state index in [1.54, 1.807) is 7.11 Å². The van der Waals surface area contributed by atoms with E-state index in [4.69, 9.17) is 10.00 Å². The summed E-state index contributed by atoms with van der Waals surface area (Å²) in [4.78, 5) is 0. The van der Waals surface area contributed by atoms with Crippen LogP contribution in [0.1, 0.15) is 5.69 Å². The second kappa shape index (κ2) is 4.42. The van der Waals surface area contributed by atoms with Crippen LogP contribution in [-0.2, 0) is 0 Å². The second-order valence-corrected chi connectivity index (χ2v) is 3.98. The molecule has 19 heavy (non-hydrogen) atoms. The summed E-state index contributed by atoms with van der Waals surface area (Å²) in [6.45, 7) is 0. The Balaban J connectivity index is 2.35. The highest BCUT2D eigenvalue weighted by Gasteiger charge is 2.11. The van der Waals surface area contributed by atoms with Gasteiger partial charge in [0, 0.05) is 10.8 Å². The summed E-state index contributed by atoms with van der Waals surface area (Å²) in [5.41, 5.74) is 1.21. The highest BCUT2D eigenvalue weighted by molar-refractivity contribution is 5.94. The number of fused-ring (bicyclic) bond motifs is 1. The maximum absolute atomic E-state index is 9.07. The summed E-state index contributed by atoms with van der Waals surface area (Å²) in [5.74, 6) is 0.790. The SMILES string of the molecule is COc1ccc(-n2nncc2C#N)c2ccccc12. The summed E-state index contributed by atoms with van der Waals surface area (Å²) in [6, 6.07) is 13.6. The number of hydrogen-bond donors (Lipinski definition) is 0. The maximum Gasteiger partial charge on any atom is 0.164 e. The van der Waals surface area contributed by atoms with Crippen LogP contribution < -0.4 is 4.74 Å². The van der Waals surface area contributed by atoms with Crippen molar-refractivity contribution in [3.63, 3.8) is 0 Å². The van der Waals surface area contributed by atoms with Gasteiger partial charge < -0.3 is 4.74 Å². The zero-order valence-corrected chi connectivity index (χ0v) is 10.2. The van der Waals surface area contributed by atoms with Gasteiger partial charge in [0.25, 0.3) is 0 Å². The molecule has 5 nitrogen and oxygen atoms in total. The van der Waals surface area contributed by atoms with E-state index in [0.29, 0.717) is 5.69 Å². The Hall–Kier alpha value is -2.87. The Morgan fingerprint density at radius 1 is 1.16 bits per heavy atom. The number of nitriles is 1. The van der Waals surface area contributed by atoms with Crippen LogP contribution in [-0.4, -0.2) is 22.1 Å². The zero-order valence-electron chi connectivity index (χ0n) is 10.2. The number of benzene rings is 2. The number of nitrogens with zero attached hydrogens (tertiary/aromatic N) is 4. The van der Waals surface area contributed by atoms with Gasteiger partial charge in [-0.3, -0.25) is 0 Å². The summed E-state index contributed by atoms with van der Waals surface area (Å²) in [6.07, 6.45) is 1.44. The van der Waals surface area contributed by atoms with E-state index in [-0.39, 0.29) is 0 Å². The van der Waals surface area contributed by atoms with Gasteiger partial charge in [0.05, 0.1) is 19.0 Å². The molecule has 0 saturated heterocycles. The van der Waals surface area contributed by atoms with Gasteiger partial charge in [0.2, 0.25) is 0 Å². The van der Waals surface area contributed by atoms with E-state index < -0.39 is 0 Å². The third-order valence-electron chi connectivity index (χ3n) is 2.97. The van der Waals surface area contributed by atoms with Crippen molar-refractivity contribution in [2.45, 2.75) is 0 Å². The van der Waals surface area contributed by atoms with Gasteiger partial charge in [0.1, 0.15) is 11.8 Å². The summed E-state index contributed by atoms with van der Waals surface area (Å²) in [7, 11) is 1.64. The first kappa shape index (κ1) is 11.2. The van der Waals surface area contributed by atoms with E-state index in [9.17, 15) is 0 Å². The Bertz CT molecular complexity index is 785. The van der Waals surface area contributed by atoms with Gasteiger partial charge in [-0.05, 0) is 12.1 Å². The number of methoxy groups -OCH3 is 1. The average Bonchev–Trinajstić information content (AvgIpc) is 2.94. The molecule has 0 radical (unpaired) electrons. The highest BCUT2D eigenvalue weighted by Crippen LogP contribution is 2.30. The Morgan fingerprint density at radius 3 is 2.68 bits per heavy atom. The van der Waals surface area contributed by atoms with Crippen molar-refractivity contribution >= 4 is 10.8 Å². The lowest BCUT2D eigenvalue weighted by Gasteiger charge is -2.10. The van der Waals surface area contributed by atoms with Gasteiger partial charge in [-0.15, -0.1) is 5.10 Å². The van der Waals surface area contributed by atoms with Gasteiger partial charge in [0.15, 0.2) is 5.69 Å². The molecular weight excluding hydrogens is 240 g/mol. The monoisotopic (exact) mass is 250 g/mol. The predicted octanol–water partition coefficient (Wildman–Crippen LogP) is 2.30. The smallest absolute Gasteiger partial charge is 0.164 e. The first-order valence-electron chi connectivity index (χ1n) is 5.72. The molecule has 0 aliphatic heterocycles. The van der Waals surface area contributed by atoms with Crippen LogP contribution >= 0.6 is 0 Å². The number of aromatic nitrogens is 3. The largest absolute Gasteiger partial charge is 0.496 e. The first-order chi connectivity index (χ1) is 9.35. The van der Waals surface area contributed by atoms with Crippen molar-refractivity contribution in [1.82, 2.24) is 15.0 Å². The molecule has 0 saturated carbocycles. The lowest BCUT2D eigenvalue weighted by Crippen LogP contribution is -2.01. The fourth-order valence-corrected chi connectivity index (χ4v) is 2.11. The van der Waals surface area contributed by atoms with Crippen LogP contribution in [0.4, 0.5) is 0 Å². The second-order valence-electron chi connectivity index (χ2n) is 3.98. The molecule has 0 fully saturated rings. The molecule has 0 atom stereocenters. The molecule has 0 aliphatic rings. The molecule has 0 amide bonds. The molecule has 3 aromatic rings. The minimum absolute atomic E-state index is 0.398. The standard InChI is InChI=1S/C14H10N4O/c1-19-14-7-6-13(11-4-2-3-5-12(11)14)18-10(8-15)9-16-17-18/h2-7,9H,1H3. The highest BCUT2D eigenvalue weighted by atomic mass is 16.5. The molecule has 2 aromatic carbocycles. The topological polar surface area (TPSA) is 63.7 Å². The summed E-state index contributed by atoms with van der Waals surface area (Å²) < 4.78 is 6.88. The minimum atomic E-state index is 0.398. The van der Waals surface area contributed by atoms with E-state index in [0.717, 1.165) is 22.2 Å². The van der Waals surface area contributed by atoms with Crippen LogP contribution in [0.15, 0.2) is 42.6 Å². The lowest BCUT2D eigenvalue weighted by molar-refractivity contribution is 0.420. The normalized spacial score (nSPS) is 10.3. The van der Waals surface area contributed by atoms with E-state index >= 15 is 0 Å². The van der Waals surface area contributed by atoms with Crippen LogP contribution in [0.3, 0.4) is 0 Å². The average molecular weight is 250 g/mol. The molecule has 0 unspecified atom stereocenters. The number of ether oxygens (including phenoxy) is 1. The number of hydrogen-bond acceptors (Lipinski definition) is 4. The van der Waals surface area contributed by atoms with Crippen molar-refractivity contribution in [3.05, 3.63) is 48.3 Å². The fourth-order valence-electron chi connectivity index (χ4n) is 2.11. The minimum Gasteiger partial charge on any atom is -0.496 e. The van der Waals surface area contributed by atoms with Crippen LogP contribution in [0.5, 0.6) is 5.75 Å². The predicted molar refractivity (Wildman–Crippen MR) is 70.1 cm³/mol. The van der Waals surface area contributed by atoms with Crippen LogP contribution in [0.25, 0.3) is 16.5 Å². The van der Waals surface area contributed by atoms with Crippen molar-refractivity contribution < 1.29 is 4.74 Å². The van der Waals surface area contributed by atoms with E-state index in [1.165, 1.54) is 10.9 Å². The summed E-state index contributed by atoms with van der Waals surface area (Å²) in [5, 5.41) is 18.7. The first-order valence-corrected chi connectivity index (χ1v) is 5.72. The molecule has 92 valence electrons. The van der Waals surface area contributed by atoms with Gasteiger partial charge in [-0.25, -0.2) is 4.68 Å². The zero-order chi connectivity index (χ0) is 13.2. The lowest BCUT2D eigenvalue weighted by atomic mass is 10.1. The molecule has 0 spiro atoms. The van der Waals surface area contributed by atoms with Gasteiger partial charge in [-0.1, -0.05) is 29.5 Å². The number of rotatable bonds is 2. The molecular formula is C14H10N4O. The molecule has 5 heteroatoms. The summed E-state index contributed by atoms with van der Waals surface area (Å²) >= 11 is 0. The van der Waals surface area contributed by atoms with Crippen molar-refractivity contribution in [3.8, 4) is 17.5 Å². The van der Waals surface area contributed by atoms with Crippen LogP contribution in [0.2, 0.25) is 0 Å². The van der Waals surface area contributed by atoms with E-state index in [1.807, 2.05) is 36.4 Å². The quantitative estimate of drug-likeness (QED) is 0.700. The molecule has 0 bridgehead atoms. The molecule has 3 rings (SSSR count). The van der Waals surface area contributed by atoms with Crippen molar-refractivity contribution in [2.75, 3.05) is 7.11 Å². The van der Waals surface area contributed by atoms with Crippen molar-refractivity contribution in [2.24, 2.45) is 0 Å². The Kier molecular flexibility index (Phi) is 2.62. The molecule has 1 heterocycles. The molecule has 0 aliphatic carbocycles.